The molecule has 0 aromatic carbocycles. The van der Waals surface area contributed by atoms with E-state index in [2.05, 4.69) is 10.4 Å². The Balaban J connectivity index is 2.83. The average molecular weight is 255 g/mol. The van der Waals surface area contributed by atoms with Crippen LogP contribution in [-0.2, 0) is 23.0 Å². The molecule has 0 radical (unpaired) electrons. The van der Waals surface area contributed by atoms with E-state index in [1.807, 2.05) is 6.92 Å². The monoisotopic (exact) mass is 255 g/mol. The van der Waals surface area contributed by atoms with Gasteiger partial charge >= 0.3 is 5.97 Å². The molecule has 0 aliphatic rings. The molecule has 2 N–H and O–H groups in total. The van der Waals surface area contributed by atoms with Gasteiger partial charge in [0.1, 0.15) is 0 Å². The number of aliphatic carboxylic acids is 1. The summed E-state index contributed by atoms with van der Waals surface area (Å²) in [6.45, 7) is 1.80. The van der Waals surface area contributed by atoms with Crippen molar-refractivity contribution < 1.29 is 19.4 Å². The van der Waals surface area contributed by atoms with Gasteiger partial charge in [0.15, 0.2) is 6.04 Å². The first-order valence-electron chi connectivity index (χ1n) is 5.54. The summed E-state index contributed by atoms with van der Waals surface area (Å²) >= 11 is 0. The standard InChI is InChI=1S/C11H17N3O4/c1-4-8-7(5-14(2)13-8)10(15)12-9(6-18-3)11(16)17/h5,9H,4,6H2,1-3H3,(H,12,15)(H,16,17). The van der Waals surface area contributed by atoms with Crippen molar-refractivity contribution in [2.45, 2.75) is 19.4 Å². The van der Waals surface area contributed by atoms with Gasteiger partial charge < -0.3 is 15.2 Å². The second-order valence-electron chi connectivity index (χ2n) is 3.84. The van der Waals surface area contributed by atoms with Crippen molar-refractivity contribution in [3.8, 4) is 0 Å². The number of amides is 1. The number of carboxylic acids is 1. The number of ether oxygens (including phenoxy) is 1. The second-order valence-corrected chi connectivity index (χ2v) is 3.84. The van der Waals surface area contributed by atoms with Crippen LogP contribution < -0.4 is 5.32 Å². The zero-order chi connectivity index (χ0) is 13.7. The van der Waals surface area contributed by atoms with E-state index in [1.54, 1.807) is 13.2 Å². The number of carbonyl (C=O) groups excluding carboxylic acids is 1. The van der Waals surface area contributed by atoms with Crippen LogP contribution in [0.2, 0.25) is 0 Å². The third kappa shape index (κ3) is 3.30. The van der Waals surface area contributed by atoms with Crippen LogP contribution in [0.15, 0.2) is 6.20 Å². The van der Waals surface area contributed by atoms with Gasteiger partial charge in [0, 0.05) is 20.4 Å². The highest BCUT2D eigenvalue weighted by Crippen LogP contribution is 2.07. The molecule has 1 unspecified atom stereocenters. The molecule has 0 spiro atoms. The minimum absolute atomic E-state index is 0.0806. The number of hydrogen-bond acceptors (Lipinski definition) is 4. The Kier molecular flexibility index (Phi) is 4.85. The first kappa shape index (κ1) is 14.2. The van der Waals surface area contributed by atoms with E-state index in [-0.39, 0.29) is 6.61 Å². The van der Waals surface area contributed by atoms with Gasteiger partial charge in [0.05, 0.1) is 17.9 Å². The molecule has 0 saturated carbocycles. The number of aromatic nitrogens is 2. The van der Waals surface area contributed by atoms with E-state index in [9.17, 15) is 9.59 Å². The van der Waals surface area contributed by atoms with E-state index in [1.165, 1.54) is 11.8 Å². The zero-order valence-electron chi connectivity index (χ0n) is 10.6. The van der Waals surface area contributed by atoms with Crippen LogP contribution in [0.1, 0.15) is 23.0 Å². The number of hydrogen-bond donors (Lipinski definition) is 2. The smallest absolute Gasteiger partial charge is 0.328 e. The highest BCUT2D eigenvalue weighted by Gasteiger charge is 2.22. The predicted molar refractivity (Wildman–Crippen MR) is 63.4 cm³/mol. The highest BCUT2D eigenvalue weighted by molar-refractivity contribution is 5.97. The van der Waals surface area contributed by atoms with Gasteiger partial charge in [-0.15, -0.1) is 0 Å². The van der Waals surface area contributed by atoms with Crippen LogP contribution in [0.4, 0.5) is 0 Å². The fraction of sp³-hybridized carbons (Fsp3) is 0.545. The van der Waals surface area contributed by atoms with Crippen LogP contribution >= 0.6 is 0 Å². The summed E-state index contributed by atoms with van der Waals surface area (Å²) in [5.41, 5.74) is 1.03. The van der Waals surface area contributed by atoms with Crippen LogP contribution in [-0.4, -0.2) is 46.5 Å². The van der Waals surface area contributed by atoms with Crippen molar-refractivity contribution >= 4 is 11.9 Å². The highest BCUT2D eigenvalue weighted by atomic mass is 16.5. The molecule has 0 saturated heterocycles. The lowest BCUT2D eigenvalue weighted by Crippen LogP contribution is -2.43. The van der Waals surface area contributed by atoms with Gasteiger partial charge in [-0.3, -0.25) is 9.48 Å². The van der Waals surface area contributed by atoms with Crippen LogP contribution in [0.25, 0.3) is 0 Å². The molecule has 1 aromatic heterocycles. The summed E-state index contributed by atoms with van der Waals surface area (Å²) in [4.78, 5) is 22.8. The lowest BCUT2D eigenvalue weighted by Gasteiger charge is -2.13. The molecule has 0 aliphatic carbocycles. The Labute approximate surface area is 105 Å². The summed E-state index contributed by atoms with van der Waals surface area (Å²) in [6.07, 6.45) is 2.17. The number of carboxylic acid groups (broad SMARTS) is 1. The molecule has 100 valence electrons. The molecule has 18 heavy (non-hydrogen) atoms. The summed E-state index contributed by atoms with van der Waals surface area (Å²) in [5, 5.41) is 15.4. The zero-order valence-corrected chi connectivity index (χ0v) is 10.6. The fourth-order valence-corrected chi connectivity index (χ4v) is 1.56. The van der Waals surface area contributed by atoms with Crippen molar-refractivity contribution in [1.29, 1.82) is 0 Å². The number of aryl methyl sites for hydroxylation is 2. The molecule has 0 aliphatic heterocycles. The van der Waals surface area contributed by atoms with Crippen molar-refractivity contribution in [3.05, 3.63) is 17.5 Å². The van der Waals surface area contributed by atoms with E-state index in [0.717, 1.165) is 0 Å². The third-order valence-electron chi connectivity index (χ3n) is 2.42. The fourth-order valence-electron chi connectivity index (χ4n) is 1.56. The van der Waals surface area contributed by atoms with E-state index in [4.69, 9.17) is 9.84 Å². The maximum atomic E-state index is 11.9. The maximum absolute atomic E-state index is 11.9. The Bertz CT molecular complexity index is 441. The van der Waals surface area contributed by atoms with Gasteiger partial charge in [0.25, 0.3) is 5.91 Å². The Morgan fingerprint density at radius 3 is 2.78 bits per heavy atom. The van der Waals surface area contributed by atoms with E-state index in [0.29, 0.717) is 17.7 Å². The molecule has 1 aromatic rings. The van der Waals surface area contributed by atoms with Crippen LogP contribution in [0.5, 0.6) is 0 Å². The molecule has 7 heteroatoms. The number of rotatable bonds is 6. The minimum atomic E-state index is -1.13. The number of carbonyl (C=O) groups is 2. The van der Waals surface area contributed by atoms with Crippen molar-refractivity contribution in [2.75, 3.05) is 13.7 Å². The van der Waals surface area contributed by atoms with E-state index >= 15 is 0 Å². The van der Waals surface area contributed by atoms with Gasteiger partial charge in [-0.2, -0.15) is 5.10 Å². The predicted octanol–water partition coefficient (Wildman–Crippen LogP) is -0.188. The Morgan fingerprint density at radius 2 is 2.28 bits per heavy atom. The van der Waals surface area contributed by atoms with E-state index < -0.39 is 17.9 Å². The molecule has 1 rings (SSSR count). The lowest BCUT2D eigenvalue weighted by atomic mass is 10.2. The maximum Gasteiger partial charge on any atom is 0.328 e. The van der Waals surface area contributed by atoms with Crippen LogP contribution in [0.3, 0.4) is 0 Å². The molecule has 0 fully saturated rings. The first-order valence-corrected chi connectivity index (χ1v) is 5.54. The van der Waals surface area contributed by atoms with Crippen LogP contribution in [0, 0.1) is 0 Å². The van der Waals surface area contributed by atoms with Gasteiger partial charge in [-0.25, -0.2) is 4.79 Å². The number of nitrogens with one attached hydrogen (secondary N) is 1. The number of methoxy groups -OCH3 is 1. The summed E-state index contributed by atoms with van der Waals surface area (Å²) < 4.78 is 6.28. The van der Waals surface area contributed by atoms with Gasteiger partial charge in [-0.05, 0) is 6.42 Å². The van der Waals surface area contributed by atoms with Gasteiger partial charge in [0.2, 0.25) is 0 Å². The largest absolute Gasteiger partial charge is 0.480 e. The molecule has 7 nitrogen and oxygen atoms in total. The lowest BCUT2D eigenvalue weighted by molar-refractivity contribution is -0.140. The number of nitrogens with zero attached hydrogens (tertiary/aromatic N) is 2. The molecule has 1 heterocycles. The van der Waals surface area contributed by atoms with Crippen molar-refractivity contribution in [3.63, 3.8) is 0 Å². The summed E-state index contributed by atoms with van der Waals surface area (Å²) in [5.74, 6) is -1.59. The average Bonchev–Trinajstić information content (AvgIpc) is 2.69. The second kappa shape index (κ2) is 6.15. The van der Waals surface area contributed by atoms with Gasteiger partial charge in [-0.1, -0.05) is 6.92 Å². The summed E-state index contributed by atoms with van der Waals surface area (Å²) in [7, 11) is 3.09. The Hall–Kier alpha value is -1.89. The third-order valence-corrected chi connectivity index (χ3v) is 2.42. The topological polar surface area (TPSA) is 93.5 Å². The normalized spacial score (nSPS) is 12.2. The quantitative estimate of drug-likeness (QED) is 0.735. The molecule has 1 atom stereocenters. The van der Waals surface area contributed by atoms with Crippen molar-refractivity contribution in [2.24, 2.45) is 7.05 Å². The molecular formula is C11H17N3O4. The Morgan fingerprint density at radius 1 is 1.61 bits per heavy atom. The molecule has 0 bridgehead atoms. The van der Waals surface area contributed by atoms with Crippen molar-refractivity contribution in [1.82, 2.24) is 15.1 Å². The molecular weight excluding hydrogens is 238 g/mol. The first-order chi connectivity index (χ1) is 8.49. The summed E-state index contributed by atoms with van der Waals surface area (Å²) in [6, 6.07) is -1.06. The molecule has 1 amide bonds. The minimum Gasteiger partial charge on any atom is -0.480 e. The SMILES string of the molecule is CCc1nn(C)cc1C(=O)NC(COC)C(=O)O.